The van der Waals surface area contributed by atoms with Crippen LogP contribution in [0.15, 0.2) is 72.5 Å². The molecule has 5 heteroatoms. The lowest BCUT2D eigenvalue weighted by Crippen LogP contribution is -2.11. The SMILES string of the molecule is C[C@H]1C=C(Oc2cc(CCP(N3CC3)N3CC3)ccc2N)C=C[C@H]1c1ccccc1. The van der Waals surface area contributed by atoms with Gasteiger partial charge in [0.15, 0.2) is 5.75 Å². The number of nitrogens with two attached hydrogens (primary N) is 1. The Morgan fingerprint density at radius 3 is 2.43 bits per heavy atom. The van der Waals surface area contributed by atoms with Gasteiger partial charge in [0.05, 0.1) is 5.69 Å². The summed E-state index contributed by atoms with van der Waals surface area (Å²) < 4.78 is 11.5. The Hall–Kier alpha value is -2.13. The second-order valence-corrected chi connectivity index (χ2v) is 10.8. The Bertz CT molecular complexity index is 938. The molecule has 0 spiro atoms. The molecule has 1 aliphatic carbocycles. The lowest BCUT2D eigenvalue weighted by Gasteiger charge is -2.24. The van der Waals surface area contributed by atoms with Crippen molar-refractivity contribution in [1.29, 1.82) is 0 Å². The molecule has 2 N–H and O–H groups in total. The normalized spacial score (nSPS) is 23.5. The molecule has 2 saturated heterocycles. The second-order valence-electron chi connectivity index (χ2n) is 8.45. The average Bonchev–Trinajstić information content (AvgIpc) is 3.66. The highest BCUT2D eigenvalue weighted by Gasteiger charge is 2.37. The number of nitrogens with zero attached hydrogens (tertiary/aromatic N) is 2. The lowest BCUT2D eigenvalue weighted by atomic mass is 9.84. The molecule has 156 valence electrons. The Morgan fingerprint density at radius 2 is 1.77 bits per heavy atom. The number of anilines is 1. The highest BCUT2D eigenvalue weighted by molar-refractivity contribution is 7.53. The molecule has 2 aromatic rings. The molecule has 0 amide bonds. The van der Waals surface area contributed by atoms with Crippen LogP contribution in [0.4, 0.5) is 5.69 Å². The molecule has 5 rings (SSSR count). The van der Waals surface area contributed by atoms with Crippen LogP contribution in [0.3, 0.4) is 0 Å². The van der Waals surface area contributed by atoms with Gasteiger partial charge in [0.1, 0.15) is 5.76 Å². The first-order chi connectivity index (χ1) is 14.7. The fraction of sp³-hybridized carbons (Fsp3) is 0.360. The third-order valence-corrected chi connectivity index (χ3v) is 8.78. The third kappa shape index (κ3) is 4.62. The van der Waals surface area contributed by atoms with Gasteiger partial charge in [-0.25, -0.2) is 0 Å². The van der Waals surface area contributed by atoms with E-state index >= 15 is 0 Å². The first-order valence-corrected chi connectivity index (χ1v) is 12.4. The largest absolute Gasteiger partial charge is 0.456 e. The number of hydrogen-bond acceptors (Lipinski definition) is 4. The molecule has 0 radical (unpaired) electrons. The number of aryl methyl sites for hydroxylation is 1. The van der Waals surface area contributed by atoms with E-state index in [0.717, 1.165) is 17.9 Å². The second kappa shape index (κ2) is 8.55. The zero-order chi connectivity index (χ0) is 20.5. The summed E-state index contributed by atoms with van der Waals surface area (Å²) in [7, 11) is -0.0750. The van der Waals surface area contributed by atoms with E-state index in [1.807, 2.05) is 6.07 Å². The molecule has 2 atom stereocenters. The summed E-state index contributed by atoms with van der Waals surface area (Å²) in [5.41, 5.74) is 9.59. The summed E-state index contributed by atoms with van der Waals surface area (Å²) in [5, 5.41) is 0. The Morgan fingerprint density at radius 1 is 1.03 bits per heavy atom. The molecule has 4 nitrogen and oxygen atoms in total. The van der Waals surface area contributed by atoms with Crippen molar-refractivity contribution in [2.75, 3.05) is 38.1 Å². The van der Waals surface area contributed by atoms with Crippen LogP contribution in [-0.4, -0.2) is 41.7 Å². The summed E-state index contributed by atoms with van der Waals surface area (Å²) in [6.07, 6.45) is 8.86. The van der Waals surface area contributed by atoms with Crippen molar-refractivity contribution in [3.63, 3.8) is 0 Å². The number of nitrogen functional groups attached to an aromatic ring is 1. The minimum atomic E-state index is -0.0750. The van der Waals surface area contributed by atoms with Gasteiger partial charge >= 0.3 is 0 Å². The standard InChI is InChI=1S/C25H30N3OP/c1-19-17-22(8-9-23(19)21-5-3-2-4-6-21)29-25-18-20(7-10-24(25)26)11-16-30(27-12-13-27)28-14-15-28/h2-10,17-19,23H,11-16,26H2,1H3/t19-,23+/m0/s1. The minimum absolute atomic E-state index is 0.0750. The van der Waals surface area contributed by atoms with Crippen molar-refractivity contribution in [2.24, 2.45) is 5.92 Å². The molecule has 2 fully saturated rings. The molecule has 0 bridgehead atoms. The van der Waals surface area contributed by atoms with Gasteiger partial charge in [-0.05, 0) is 53.9 Å². The molecule has 0 aromatic heterocycles. The van der Waals surface area contributed by atoms with Crippen LogP contribution in [0.2, 0.25) is 0 Å². The van der Waals surface area contributed by atoms with Gasteiger partial charge in [0.25, 0.3) is 0 Å². The molecule has 2 heterocycles. The van der Waals surface area contributed by atoms with Crippen molar-refractivity contribution in [1.82, 2.24) is 9.34 Å². The molecule has 30 heavy (non-hydrogen) atoms. The van der Waals surface area contributed by atoms with E-state index in [-0.39, 0.29) is 8.22 Å². The quantitative estimate of drug-likeness (QED) is 0.371. The maximum Gasteiger partial charge on any atom is 0.150 e. The number of allylic oxidation sites excluding steroid dienone is 3. The summed E-state index contributed by atoms with van der Waals surface area (Å²) in [5.74, 6) is 2.42. The van der Waals surface area contributed by atoms with E-state index in [1.54, 1.807) is 0 Å². The smallest absolute Gasteiger partial charge is 0.150 e. The molecular formula is C25H30N3OP. The Labute approximate surface area is 180 Å². The van der Waals surface area contributed by atoms with Crippen LogP contribution >= 0.6 is 8.22 Å². The van der Waals surface area contributed by atoms with Crippen molar-refractivity contribution < 1.29 is 4.74 Å². The zero-order valence-corrected chi connectivity index (χ0v) is 18.5. The number of benzene rings is 2. The maximum atomic E-state index is 6.24. The van der Waals surface area contributed by atoms with E-state index in [2.05, 4.69) is 77.0 Å². The fourth-order valence-electron chi connectivity index (χ4n) is 4.14. The molecule has 2 aromatic carbocycles. The van der Waals surface area contributed by atoms with E-state index < -0.39 is 0 Å². The van der Waals surface area contributed by atoms with Gasteiger partial charge in [-0.3, -0.25) is 9.34 Å². The topological polar surface area (TPSA) is 41.3 Å². The van der Waals surface area contributed by atoms with Crippen LogP contribution in [0.5, 0.6) is 5.75 Å². The van der Waals surface area contributed by atoms with Crippen LogP contribution in [0.1, 0.15) is 24.0 Å². The van der Waals surface area contributed by atoms with Crippen LogP contribution in [-0.2, 0) is 6.42 Å². The predicted molar refractivity (Wildman–Crippen MR) is 126 cm³/mol. The lowest BCUT2D eigenvalue weighted by molar-refractivity contribution is 0.429. The third-order valence-electron chi connectivity index (χ3n) is 6.05. The molecule has 3 aliphatic rings. The van der Waals surface area contributed by atoms with Gasteiger partial charge in [0, 0.05) is 40.3 Å². The van der Waals surface area contributed by atoms with Crippen molar-refractivity contribution in [3.05, 3.63) is 83.6 Å². The van der Waals surface area contributed by atoms with E-state index in [1.165, 1.54) is 43.5 Å². The predicted octanol–water partition coefficient (Wildman–Crippen LogP) is 5.01. The molecular weight excluding hydrogens is 389 g/mol. The number of rotatable bonds is 8. The minimum Gasteiger partial charge on any atom is -0.456 e. The van der Waals surface area contributed by atoms with E-state index in [9.17, 15) is 0 Å². The van der Waals surface area contributed by atoms with Crippen molar-refractivity contribution in [2.45, 2.75) is 19.3 Å². The maximum absolute atomic E-state index is 6.24. The van der Waals surface area contributed by atoms with E-state index in [4.69, 9.17) is 10.5 Å². The van der Waals surface area contributed by atoms with Gasteiger partial charge in [-0.15, -0.1) is 0 Å². The van der Waals surface area contributed by atoms with Gasteiger partial charge in [0.2, 0.25) is 0 Å². The average molecular weight is 420 g/mol. The number of ether oxygens (including phenoxy) is 1. The summed E-state index contributed by atoms with van der Waals surface area (Å²) >= 11 is 0. The van der Waals surface area contributed by atoms with Crippen LogP contribution < -0.4 is 10.5 Å². The summed E-state index contributed by atoms with van der Waals surface area (Å²) in [6, 6.07) is 16.9. The van der Waals surface area contributed by atoms with Crippen molar-refractivity contribution in [3.8, 4) is 5.75 Å². The Balaban J connectivity index is 1.24. The number of hydrogen-bond donors (Lipinski definition) is 1. The zero-order valence-electron chi connectivity index (χ0n) is 17.6. The highest BCUT2D eigenvalue weighted by atomic mass is 31.1. The molecule has 0 unspecified atom stereocenters. The Kier molecular flexibility index (Phi) is 5.64. The first-order valence-electron chi connectivity index (χ1n) is 11.0. The fourth-order valence-corrected chi connectivity index (χ4v) is 6.63. The summed E-state index contributed by atoms with van der Waals surface area (Å²) in [6.45, 7) is 7.36. The van der Waals surface area contributed by atoms with Gasteiger partial charge in [-0.2, -0.15) is 0 Å². The summed E-state index contributed by atoms with van der Waals surface area (Å²) in [4.78, 5) is 0. The van der Waals surface area contributed by atoms with E-state index in [0.29, 0.717) is 17.5 Å². The van der Waals surface area contributed by atoms with Crippen molar-refractivity contribution >= 4 is 13.9 Å². The van der Waals surface area contributed by atoms with Crippen LogP contribution in [0, 0.1) is 5.92 Å². The van der Waals surface area contributed by atoms with Crippen LogP contribution in [0.25, 0.3) is 0 Å². The highest BCUT2D eigenvalue weighted by Crippen LogP contribution is 2.52. The monoisotopic (exact) mass is 419 g/mol. The molecule has 2 aliphatic heterocycles. The van der Waals surface area contributed by atoms with Gasteiger partial charge < -0.3 is 10.5 Å². The molecule has 0 saturated carbocycles. The first kappa shape index (κ1) is 19.8. The van der Waals surface area contributed by atoms with Gasteiger partial charge in [-0.1, -0.05) is 49.4 Å².